The van der Waals surface area contributed by atoms with Crippen molar-refractivity contribution in [1.29, 1.82) is 0 Å². The molecule has 0 bridgehead atoms. The van der Waals surface area contributed by atoms with Crippen molar-refractivity contribution >= 4 is 21.4 Å². The molecule has 142 valence electrons. The van der Waals surface area contributed by atoms with Crippen molar-refractivity contribution in [2.45, 2.75) is 12.6 Å². The fraction of sp³-hybridized carbons (Fsp3) is 0.143. The van der Waals surface area contributed by atoms with Gasteiger partial charge in [-0.3, -0.25) is 4.79 Å². The number of methoxy groups -OCH3 is 1. The van der Waals surface area contributed by atoms with Gasteiger partial charge in [-0.2, -0.15) is 5.10 Å². The molecule has 2 aromatic heterocycles. The lowest BCUT2D eigenvalue weighted by Crippen LogP contribution is -2.24. The predicted octanol–water partition coefficient (Wildman–Crippen LogP) is 3.67. The summed E-state index contributed by atoms with van der Waals surface area (Å²) >= 11 is 3.40. The molecule has 0 spiro atoms. The van der Waals surface area contributed by atoms with Crippen molar-refractivity contribution in [3.63, 3.8) is 0 Å². The molecule has 0 aliphatic heterocycles. The maximum absolute atomic E-state index is 12.9. The molecule has 4 aromatic rings. The van der Waals surface area contributed by atoms with E-state index in [4.69, 9.17) is 4.74 Å². The Balaban J connectivity index is 1.68. The van der Waals surface area contributed by atoms with Gasteiger partial charge >= 0.3 is 0 Å². The normalized spacial score (nSPS) is 12.2. The van der Waals surface area contributed by atoms with E-state index in [2.05, 4.69) is 21.0 Å². The smallest absolute Gasteiger partial charge is 0.276 e. The first-order valence-corrected chi connectivity index (χ1v) is 9.51. The van der Waals surface area contributed by atoms with Crippen molar-refractivity contribution in [2.75, 3.05) is 7.11 Å². The molecule has 1 N–H and O–H groups in total. The van der Waals surface area contributed by atoms with E-state index in [0.717, 1.165) is 21.3 Å². The number of ether oxygens (including phenoxy) is 1. The van der Waals surface area contributed by atoms with Crippen LogP contribution in [-0.2, 0) is 6.54 Å². The van der Waals surface area contributed by atoms with Gasteiger partial charge in [-0.05, 0) is 35.9 Å². The third-order valence-corrected chi connectivity index (χ3v) is 5.07. The van der Waals surface area contributed by atoms with Crippen molar-refractivity contribution in [1.82, 2.24) is 14.2 Å². The largest absolute Gasteiger partial charge is 0.497 e. The van der Waals surface area contributed by atoms with Crippen LogP contribution in [0.5, 0.6) is 5.75 Å². The highest BCUT2D eigenvalue weighted by Gasteiger charge is 2.13. The predicted molar refractivity (Wildman–Crippen MR) is 111 cm³/mol. The second kappa shape index (κ2) is 7.61. The van der Waals surface area contributed by atoms with Crippen molar-refractivity contribution in [2.24, 2.45) is 0 Å². The second-order valence-corrected chi connectivity index (χ2v) is 7.33. The molecule has 0 saturated heterocycles. The van der Waals surface area contributed by atoms with E-state index in [0.29, 0.717) is 11.2 Å². The zero-order chi connectivity index (χ0) is 19.7. The molecule has 0 aliphatic rings. The van der Waals surface area contributed by atoms with Crippen LogP contribution < -0.4 is 10.3 Å². The molecule has 0 fully saturated rings. The van der Waals surface area contributed by atoms with E-state index in [-0.39, 0.29) is 12.1 Å². The van der Waals surface area contributed by atoms with Crippen LogP contribution in [0, 0.1) is 0 Å². The Kier molecular flexibility index (Phi) is 5.02. The number of halogens is 1. The second-order valence-electron chi connectivity index (χ2n) is 6.42. The molecule has 0 radical (unpaired) electrons. The van der Waals surface area contributed by atoms with Crippen LogP contribution in [0.4, 0.5) is 0 Å². The Morgan fingerprint density at radius 2 is 1.96 bits per heavy atom. The molecule has 0 saturated carbocycles. The number of rotatable bonds is 5. The van der Waals surface area contributed by atoms with Crippen LogP contribution in [0.1, 0.15) is 11.7 Å². The molecule has 7 heteroatoms. The van der Waals surface area contributed by atoms with Crippen LogP contribution in [0.25, 0.3) is 16.8 Å². The Labute approximate surface area is 169 Å². The minimum absolute atomic E-state index is 0.158. The van der Waals surface area contributed by atoms with E-state index in [9.17, 15) is 9.90 Å². The number of nitrogens with zero attached hydrogens (tertiary/aromatic N) is 3. The highest BCUT2D eigenvalue weighted by Crippen LogP contribution is 2.23. The van der Waals surface area contributed by atoms with E-state index >= 15 is 0 Å². The lowest BCUT2D eigenvalue weighted by Gasteiger charge is -2.13. The maximum atomic E-state index is 12.9. The van der Waals surface area contributed by atoms with Crippen LogP contribution in [-0.4, -0.2) is 26.4 Å². The summed E-state index contributed by atoms with van der Waals surface area (Å²) in [6.07, 6.45) is 2.56. The molecule has 0 aliphatic carbocycles. The quantitative estimate of drug-likeness (QED) is 0.514. The Bertz CT molecular complexity index is 1200. The van der Waals surface area contributed by atoms with Crippen molar-refractivity contribution in [3.8, 4) is 17.0 Å². The number of hydrogen-bond acceptors (Lipinski definition) is 4. The number of benzene rings is 2. The molecule has 2 aromatic carbocycles. The molecule has 6 nitrogen and oxygen atoms in total. The zero-order valence-electron chi connectivity index (χ0n) is 15.1. The van der Waals surface area contributed by atoms with Crippen LogP contribution in [0.2, 0.25) is 0 Å². The summed E-state index contributed by atoms with van der Waals surface area (Å²) in [5.74, 6) is 0.726. The molecule has 0 amide bonds. The molecular formula is C21H18BrN3O3. The van der Waals surface area contributed by atoms with Gasteiger partial charge < -0.3 is 14.4 Å². The van der Waals surface area contributed by atoms with Gasteiger partial charge in [0.15, 0.2) is 0 Å². The van der Waals surface area contributed by atoms with E-state index < -0.39 is 6.10 Å². The van der Waals surface area contributed by atoms with Crippen LogP contribution in [0.15, 0.2) is 76.3 Å². The summed E-state index contributed by atoms with van der Waals surface area (Å²) in [6, 6.07) is 16.7. The fourth-order valence-electron chi connectivity index (χ4n) is 3.10. The highest BCUT2D eigenvalue weighted by atomic mass is 79.9. The molecule has 4 rings (SSSR count). The highest BCUT2D eigenvalue weighted by molar-refractivity contribution is 9.10. The molecule has 28 heavy (non-hydrogen) atoms. The number of aliphatic hydroxyl groups excluding tert-OH is 1. The van der Waals surface area contributed by atoms with Gasteiger partial charge in [0.1, 0.15) is 11.3 Å². The summed E-state index contributed by atoms with van der Waals surface area (Å²) in [5.41, 5.74) is 2.52. The first-order valence-electron chi connectivity index (χ1n) is 8.72. The maximum Gasteiger partial charge on any atom is 0.276 e. The lowest BCUT2D eigenvalue weighted by molar-refractivity contribution is 0.155. The summed E-state index contributed by atoms with van der Waals surface area (Å²) in [4.78, 5) is 12.9. The van der Waals surface area contributed by atoms with E-state index in [1.54, 1.807) is 30.1 Å². The molecule has 1 atom stereocenters. The van der Waals surface area contributed by atoms with Crippen LogP contribution in [0.3, 0.4) is 0 Å². The summed E-state index contributed by atoms with van der Waals surface area (Å²) < 4.78 is 9.19. The first kappa shape index (κ1) is 18.5. The summed E-state index contributed by atoms with van der Waals surface area (Å²) in [5, 5.41) is 15.0. The average Bonchev–Trinajstić information content (AvgIpc) is 3.15. The van der Waals surface area contributed by atoms with Crippen molar-refractivity contribution in [3.05, 3.63) is 87.4 Å². The number of aromatic nitrogens is 3. The molecule has 2 heterocycles. The first-order chi connectivity index (χ1) is 13.5. The molecule has 0 unspecified atom stereocenters. The third kappa shape index (κ3) is 3.58. The van der Waals surface area contributed by atoms with Gasteiger partial charge in [0.2, 0.25) is 0 Å². The fourth-order valence-corrected chi connectivity index (χ4v) is 3.52. The van der Waals surface area contributed by atoms with Gasteiger partial charge in [-0.25, -0.2) is 4.52 Å². The van der Waals surface area contributed by atoms with E-state index in [1.165, 1.54) is 4.57 Å². The Hall–Kier alpha value is -2.90. The average molecular weight is 440 g/mol. The Morgan fingerprint density at radius 1 is 1.14 bits per heavy atom. The standard InChI is InChI=1S/C21H18BrN3O3/c1-28-17-7-3-4-14(11-17)18-12-19-21(27)24(8-9-25(19)23-18)13-20(26)15-5-2-6-16(22)10-15/h2-12,20,26H,13H2,1H3/t20-/m1/s1. The number of fused-ring (bicyclic) bond motifs is 1. The van der Waals surface area contributed by atoms with Crippen molar-refractivity contribution < 1.29 is 9.84 Å². The van der Waals surface area contributed by atoms with Gasteiger partial charge in [-0.1, -0.05) is 40.2 Å². The summed E-state index contributed by atoms with van der Waals surface area (Å²) in [7, 11) is 1.61. The molecular weight excluding hydrogens is 422 g/mol. The van der Waals surface area contributed by atoms with Gasteiger partial charge in [-0.15, -0.1) is 0 Å². The topological polar surface area (TPSA) is 68.8 Å². The minimum Gasteiger partial charge on any atom is -0.497 e. The van der Waals surface area contributed by atoms with Gasteiger partial charge in [0, 0.05) is 22.4 Å². The monoisotopic (exact) mass is 439 g/mol. The summed E-state index contributed by atoms with van der Waals surface area (Å²) in [6.45, 7) is 0.158. The number of aliphatic hydroxyl groups is 1. The third-order valence-electron chi connectivity index (χ3n) is 4.57. The zero-order valence-corrected chi connectivity index (χ0v) is 16.7. The van der Waals surface area contributed by atoms with E-state index in [1.807, 2.05) is 48.5 Å². The van der Waals surface area contributed by atoms with Gasteiger partial charge in [0.25, 0.3) is 5.56 Å². The Morgan fingerprint density at radius 3 is 2.75 bits per heavy atom. The van der Waals surface area contributed by atoms with Gasteiger partial charge in [0.05, 0.1) is 25.5 Å². The van der Waals surface area contributed by atoms with Crippen LogP contribution >= 0.6 is 15.9 Å². The minimum atomic E-state index is -0.793. The number of hydrogen-bond donors (Lipinski definition) is 1. The SMILES string of the molecule is COc1cccc(-c2cc3c(=O)n(C[C@@H](O)c4cccc(Br)c4)ccn3n2)c1. The lowest BCUT2D eigenvalue weighted by atomic mass is 10.1.